The lowest BCUT2D eigenvalue weighted by Crippen LogP contribution is -2.29. The van der Waals surface area contributed by atoms with Gasteiger partial charge in [0.05, 0.1) is 30.0 Å². The Balaban J connectivity index is 1.44. The number of nitrogens with zero attached hydrogens (tertiary/aromatic N) is 6. The van der Waals surface area contributed by atoms with Crippen LogP contribution in [0.1, 0.15) is 34.5 Å². The maximum absolute atomic E-state index is 12.9. The minimum atomic E-state index is -0.0789. The van der Waals surface area contributed by atoms with Crippen molar-refractivity contribution >= 4 is 5.91 Å². The first-order chi connectivity index (χ1) is 14.1. The molecule has 0 N–H and O–H groups in total. The Kier molecular flexibility index (Phi) is 5.20. The average molecular weight is 386 g/mol. The minimum absolute atomic E-state index is 0.0582. The molecule has 2 heterocycles. The number of carbonyl (C=O) groups is 1. The Morgan fingerprint density at radius 3 is 2.52 bits per heavy atom. The molecular weight excluding hydrogens is 364 g/mol. The van der Waals surface area contributed by atoms with Crippen molar-refractivity contribution in [2.75, 3.05) is 7.05 Å². The molecule has 2 aromatic heterocycles. The van der Waals surface area contributed by atoms with Crippen molar-refractivity contribution in [2.45, 2.75) is 19.5 Å². The SMILES string of the molecule is C[C@@H](c1ccc(-n2cncn2)cc1)N(C)C(=O)c1cnn(Cc2ccccc2)c1. The maximum Gasteiger partial charge on any atom is 0.257 e. The highest BCUT2D eigenvalue weighted by atomic mass is 16.2. The number of benzene rings is 2. The quantitative estimate of drug-likeness (QED) is 0.510. The molecule has 0 unspecified atom stereocenters. The summed E-state index contributed by atoms with van der Waals surface area (Å²) in [5.74, 6) is -0.0582. The van der Waals surface area contributed by atoms with Gasteiger partial charge in [0.15, 0.2) is 0 Å². The second-order valence-electron chi connectivity index (χ2n) is 6.94. The van der Waals surface area contributed by atoms with Crippen LogP contribution in [0.2, 0.25) is 0 Å². The monoisotopic (exact) mass is 386 g/mol. The molecule has 1 atom stereocenters. The molecule has 2 aromatic carbocycles. The summed E-state index contributed by atoms with van der Waals surface area (Å²) in [6.07, 6.45) is 6.58. The van der Waals surface area contributed by atoms with Crippen LogP contribution in [-0.2, 0) is 6.54 Å². The van der Waals surface area contributed by atoms with Gasteiger partial charge in [0.25, 0.3) is 5.91 Å². The fourth-order valence-corrected chi connectivity index (χ4v) is 3.18. The topological polar surface area (TPSA) is 68.8 Å². The summed E-state index contributed by atoms with van der Waals surface area (Å²) >= 11 is 0. The van der Waals surface area contributed by atoms with Crippen molar-refractivity contribution in [1.82, 2.24) is 29.4 Å². The fourth-order valence-electron chi connectivity index (χ4n) is 3.18. The summed E-state index contributed by atoms with van der Waals surface area (Å²) in [7, 11) is 1.81. The molecule has 0 radical (unpaired) electrons. The molecule has 0 aliphatic heterocycles. The van der Waals surface area contributed by atoms with E-state index in [1.807, 2.05) is 68.6 Å². The van der Waals surface area contributed by atoms with Crippen molar-refractivity contribution in [3.63, 3.8) is 0 Å². The van der Waals surface area contributed by atoms with E-state index in [2.05, 4.69) is 15.2 Å². The second kappa shape index (κ2) is 8.10. The summed E-state index contributed by atoms with van der Waals surface area (Å²) in [6, 6.07) is 17.9. The van der Waals surface area contributed by atoms with Crippen LogP contribution in [0.5, 0.6) is 0 Å². The molecule has 0 fully saturated rings. The number of carbonyl (C=O) groups excluding carboxylic acids is 1. The third-order valence-corrected chi connectivity index (χ3v) is 5.03. The molecule has 7 heteroatoms. The first-order valence-corrected chi connectivity index (χ1v) is 9.40. The average Bonchev–Trinajstić information content (AvgIpc) is 3.45. The van der Waals surface area contributed by atoms with Crippen LogP contribution >= 0.6 is 0 Å². The van der Waals surface area contributed by atoms with Crippen molar-refractivity contribution in [3.8, 4) is 5.69 Å². The molecule has 0 saturated heterocycles. The Bertz CT molecular complexity index is 1070. The first kappa shape index (κ1) is 18.6. The molecule has 4 rings (SSSR count). The van der Waals surface area contributed by atoms with E-state index < -0.39 is 0 Å². The Morgan fingerprint density at radius 2 is 1.83 bits per heavy atom. The predicted octanol–water partition coefficient (Wildman–Crippen LogP) is 3.35. The highest BCUT2D eigenvalue weighted by molar-refractivity contribution is 5.93. The lowest BCUT2D eigenvalue weighted by atomic mass is 10.1. The number of rotatable bonds is 6. The van der Waals surface area contributed by atoms with E-state index in [9.17, 15) is 4.79 Å². The van der Waals surface area contributed by atoms with Crippen molar-refractivity contribution in [1.29, 1.82) is 0 Å². The molecule has 146 valence electrons. The number of amides is 1. The highest BCUT2D eigenvalue weighted by Gasteiger charge is 2.20. The van der Waals surface area contributed by atoms with Crippen LogP contribution in [0.4, 0.5) is 0 Å². The van der Waals surface area contributed by atoms with Crippen LogP contribution < -0.4 is 0 Å². The van der Waals surface area contributed by atoms with Gasteiger partial charge in [-0.05, 0) is 30.2 Å². The molecule has 0 spiro atoms. The van der Waals surface area contributed by atoms with E-state index in [4.69, 9.17) is 0 Å². The summed E-state index contributed by atoms with van der Waals surface area (Å²) in [4.78, 5) is 18.6. The summed E-state index contributed by atoms with van der Waals surface area (Å²) < 4.78 is 3.48. The van der Waals surface area contributed by atoms with Crippen LogP contribution in [-0.4, -0.2) is 42.4 Å². The summed E-state index contributed by atoms with van der Waals surface area (Å²) in [5, 5.41) is 8.47. The van der Waals surface area contributed by atoms with Gasteiger partial charge >= 0.3 is 0 Å². The second-order valence-corrected chi connectivity index (χ2v) is 6.94. The lowest BCUT2D eigenvalue weighted by Gasteiger charge is -2.25. The van der Waals surface area contributed by atoms with Crippen LogP contribution in [0.25, 0.3) is 5.69 Å². The lowest BCUT2D eigenvalue weighted by molar-refractivity contribution is 0.0742. The van der Waals surface area contributed by atoms with Crippen LogP contribution in [0.3, 0.4) is 0 Å². The minimum Gasteiger partial charge on any atom is -0.335 e. The fraction of sp³-hybridized carbons (Fsp3) is 0.182. The van der Waals surface area contributed by atoms with Gasteiger partial charge in [-0.2, -0.15) is 10.2 Å². The zero-order chi connectivity index (χ0) is 20.2. The Morgan fingerprint density at radius 1 is 1.07 bits per heavy atom. The smallest absolute Gasteiger partial charge is 0.257 e. The van der Waals surface area contributed by atoms with Crippen molar-refractivity contribution < 1.29 is 4.79 Å². The van der Waals surface area contributed by atoms with Crippen LogP contribution in [0.15, 0.2) is 79.6 Å². The Labute approximate surface area is 169 Å². The molecule has 1 amide bonds. The largest absolute Gasteiger partial charge is 0.335 e. The normalized spacial score (nSPS) is 11.9. The molecule has 0 aliphatic carbocycles. The van der Waals surface area contributed by atoms with E-state index >= 15 is 0 Å². The van der Waals surface area contributed by atoms with Gasteiger partial charge in [0.2, 0.25) is 0 Å². The van der Waals surface area contributed by atoms with E-state index in [1.165, 1.54) is 6.33 Å². The van der Waals surface area contributed by atoms with E-state index in [-0.39, 0.29) is 11.9 Å². The first-order valence-electron chi connectivity index (χ1n) is 9.40. The number of hydrogen-bond acceptors (Lipinski definition) is 4. The Hall–Kier alpha value is -3.74. The zero-order valence-corrected chi connectivity index (χ0v) is 16.4. The number of aromatic nitrogens is 5. The van der Waals surface area contributed by atoms with Gasteiger partial charge in [0.1, 0.15) is 12.7 Å². The van der Waals surface area contributed by atoms with Crippen molar-refractivity contribution in [3.05, 3.63) is 96.3 Å². The molecular formula is C22H22N6O. The number of hydrogen-bond donors (Lipinski definition) is 0. The van der Waals surface area contributed by atoms with Gasteiger partial charge in [-0.1, -0.05) is 42.5 Å². The zero-order valence-electron chi connectivity index (χ0n) is 16.4. The van der Waals surface area contributed by atoms with Gasteiger partial charge in [-0.25, -0.2) is 9.67 Å². The third kappa shape index (κ3) is 4.08. The third-order valence-electron chi connectivity index (χ3n) is 5.03. The van der Waals surface area contributed by atoms with E-state index in [0.717, 1.165) is 16.8 Å². The molecule has 0 bridgehead atoms. The van der Waals surface area contributed by atoms with Crippen LogP contribution in [0, 0.1) is 0 Å². The van der Waals surface area contributed by atoms with Crippen molar-refractivity contribution in [2.24, 2.45) is 0 Å². The van der Waals surface area contributed by atoms with E-state index in [1.54, 1.807) is 33.0 Å². The van der Waals surface area contributed by atoms with Gasteiger partial charge in [-0.15, -0.1) is 0 Å². The van der Waals surface area contributed by atoms with E-state index in [0.29, 0.717) is 12.1 Å². The predicted molar refractivity (Wildman–Crippen MR) is 110 cm³/mol. The van der Waals surface area contributed by atoms with Gasteiger partial charge in [0, 0.05) is 13.2 Å². The summed E-state index contributed by atoms with van der Waals surface area (Å²) in [5.41, 5.74) is 3.69. The molecule has 7 nitrogen and oxygen atoms in total. The highest BCUT2D eigenvalue weighted by Crippen LogP contribution is 2.22. The molecule has 0 saturated carbocycles. The molecule has 0 aliphatic rings. The molecule has 4 aromatic rings. The standard InChI is InChI=1S/C22H22N6O/c1-17(19-8-10-21(11-9-19)28-16-23-15-25-28)26(2)22(29)20-12-24-27(14-20)13-18-6-4-3-5-7-18/h3-12,14-17H,13H2,1-2H3/t17-/m0/s1. The van der Waals surface area contributed by atoms with Gasteiger partial charge in [-0.3, -0.25) is 9.48 Å². The van der Waals surface area contributed by atoms with Gasteiger partial charge < -0.3 is 4.90 Å². The maximum atomic E-state index is 12.9. The summed E-state index contributed by atoms with van der Waals surface area (Å²) in [6.45, 7) is 2.65. The molecule has 29 heavy (non-hydrogen) atoms.